The molecule has 0 spiro atoms. The van der Waals surface area contributed by atoms with E-state index >= 15 is 0 Å². The van der Waals surface area contributed by atoms with Crippen molar-refractivity contribution in [2.24, 2.45) is 0 Å². The zero-order valence-corrected chi connectivity index (χ0v) is 20.0. The number of nitrogens with zero attached hydrogens (tertiary/aromatic N) is 3. The van der Waals surface area contributed by atoms with Crippen molar-refractivity contribution in [2.75, 3.05) is 11.9 Å². The van der Waals surface area contributed by atoms with E-state index in [0.29, 0.717) is 37.4 Å². The van der Waals surface area contributed by atoms with Gasteiger partial charge in [-0.2, -0.15) is 4.31 Å². The number of para-hydroxylation sites is 2. The van der Waals surface area contributed by atoms with Gasteiger partial charge in [0.1, 0.15) is 11.6 Å². The molecule has 1 amide bonds. The first-order valence-electron chi connectivity index (χ1n) is 11.4. The fourth-order valence-electron chi connectivity index (χ4n) is 4.62. The summed E-state index contributed by atoms with van der Waals surface area (Å²) in [5.74, 6) is 0.147. The Morgan fingerprint density at radius 3 is 2.49 bits per heavy atom. The molecule has 1 N–H and O–H groups in total. The van der Waals surface area contributed by atoms with Crippen molar-refractivity contribution in [3.63, 3.8) is 0 Å². The molecule has 9 heteroatoms. The summed E-state index contributed by atoms with van der Waals surface area (Å²) in [6, 6.07) is 19.8. The Balaban J connectivity index is 1.52. The molecule has 5 rings (SSSR count). The predicted molar refractivity (Wildman–Crippen MR) is 132 cm³/mol. The monoisotopic (exact) mass is 492 g/mol. The maximum atomic E-state index is 13.6. The Bertz CT molecular complexity index is 1480. The van der Waals surface area contributed by atoms with Crippen LogP contribution in [0.15, 0.2) is 77.7 Å². The van der Waals surface area contributed by atoms with Gasteiger partial charge in [0, 0.05) is 25.7 Å². The van der Waals surface area contributed by atoms with E-state index < -0.39 is 16.1 Å². The SMILES string of the molecule is CC(=O)Nc1ccc(S(=O)(=O)N2CCCC2c2nc3ccccc3n2Cc2ccc(F)cc2)cc1. The van der Waals surface area contributed by atoms with Crippen molar-refractivity contribution < 1.29 is 17.6 Å². The van der Waals surface area contributed by atoms with Gasteiger partial charge >= 0.3 is 0 Å². The molecule has 0 aliphatic carbocycles. The number of aromatic nitrogens is 2. The van der Waals surface area contributed by atoms with Crippen molar-refractivity contribution in [1.29, 1.82) is 0 Å². The number of sulfonamides is 1. The average molecular weight is 493 g/mol. The lowest BCUT2D eigenvalue weighted by Gasteiger charge is -2.25. The summed E-state index contributed by atoms with van der Waals surface area (Å²) in [5, 5.41) is 2.65. The van der Waals surface area contributed by atoms with Crippen LogP contribution in [0.25, 0.3) is 11.0 Å². The molecule has 1 atom stereocenters. The number of benzene rings is 3. The highest BCUT2D eigenvalue weighted by Crippen LogP contribution is 2.38. The minimum absolute atomic E-state index is 0.166. The number of anilines is 1. The Morgan fingerprint density at radius 1 is 1.06 bits per heavy atom. The first kappa shape index (κ1) is 23.2. The smallest absolute Gasteiger partial charge is 0.243 e. The fourth-order valence-corrected chi connectivity index (χ4v) is 6.28. The van der Waals surface area contributed by atoms with Gasteiger partial charge in [-0.05, 0) is 66.9 Å². The maximum Gasteiger partial charge on any atom is 0.243 e. The van der Waals surface area contributed by atoms with E-state index in [1.807, 2.05) is 28.8 Å². The second-order valence-corrected chi connectivity index (χ2v) is 10.5. The summed E-state index contributed by atoms with van der Waals surface area (Å²) < 4.78 is 44.3. The van der Waals surface area contributed by atoms with Gasteiger partial charge in [0.2, 0.25) is 15.9 Å². The number of amides is 1. The van der Waals surface area contributed by atoms with Crippen LogP contribution in [0.4, 0.5) is 10.1 Å². The fraction of sp³-hybridized carbons (Fsp3) is 0.231. The molecule has 0 saturated carbocycles. The molecule has 3 aromatic carbocycles. The van der Waals surface area contributed by atoms with Crippen LogP contribution in [0.3, 0.4) is 0 Å². The summed E-state index contributed by atoms with van der Waals surface area (Å²) in [6.45, 7) is 2.24. The Kier molecular flexibility index (Phi) is 6.12. The first-order chi connectivity index (χ1) is 16.8. The average Bonchev–Trinajstić information content (AvgIpc) is 3.46. The van der Waals surface area contributed by atoms with Crippen molar-refractivity contribution in [2.45, 2.75) is 37.2 Å². The van der Waals surface area contributed by atoms with Gasteiger partial charge in [0.15, 0.2) is 0 Å². The lowest BCUT2D eigenvalue weighted by atomic mass is 10.2. The standard InChI is InChI=1S/C26H25FN4O3S/c1-18(32)28-21-12-14-22(15-13-21)35(33,34)31-16-4-7-25(31)26-29-23-5-2-3-6-24(23)30(26)17-19-8-10-20(27)11-9-19/h2-3,5-6,8-15,25H,4,7,16-17H2,1H3,(H,28,32). The number of imidazole rings is 1. The number of fused-ring (bicyclic) bond motifs is 1. The van der Waals surface area contributed by atoms with Crippen LogP contribution in [-0.4, -0.2) is 34.7 Å². The first-order valence-corrected chi connectivity index (χ1v) is 12.9. The highest BCUT2D eigenvalue weighted by Gasteiger charge is 2.39. The van der Waals surface area contributed by atoms with E-state index in [0.717, 1.165) is 16.6 Å². The molecule has 1 aliphatic heterocycles. The zero-order valence-electron chi connectivity index (χ0n) is 19.2. The Morgan fingerprint density at radius 2 is 1.77 bits per heavy atom. The van der Waals surface area contributed by atoms with Crippen LogP contribution in [0.2, 0.25) is 0 Å². The van der Waals surface area contributed by atoms with E-state index in [2.05, 4.69) is 5.32 Å². The van der Waals surface area contributed by atoms with E-state index in [-0.39, 0.29) is 16.6 Å². The molecule has 1 fully saturated rings. The minimum Gasteiger partial charge on any atom is -0.326 e. The molecule has 180 valence electrons. The highest BCUT2D eigenvalue weighted by molar-refractivity contribution is 7.89. The molecule has 1 unspecified atom stereocenters. The van der Waals surface area contributed by atoms with E-state index in [1.54, 1.807) is 24.3 Å². The van der Waals surface area contributed by atoms with Crippen molar-refractivity contribution in [3.05, 3.63) is 90.0 Å². The number of hydrogen-bond acceptors (Lipinski definition) is 4. The summed E-state index contributed by atoms with van der Waals surface area (Å²) in [7, 11) is -3.80. The lowest BCUT2D eigenvalue weighted by molar-refractivity contribution is -0.114. The van der Waals surface area contributed by atoms with E-state index in [1.165, 1.54) is 35.5 Å². The largest absolute Gasteiger partial charge is 0.326 e. The maximum absolute atomic E-state index is 13.6. The Labute approximate surface area is 203 Å². The Hall–Kier alpha value is -3.56. The molecule has 7 nitrogen and oxygen atoms in total. The van der Waals surface area contributed by atoms with E-state index in [9.17, 15) is 17.6 Å². The second-order valence-electron chi connectivity index (χ2n) is 8.65. The van der Waals surface area contributed by atoms with Crippen molar-refractivity contribution in [1.82, 2.24) is 13.9 Å². The topological polar surface area (TPSA) is 84.3 Å². The number of rotatable bonds is 6. The predicted octanol–water partition coefficient (Wildman–Crippen LogP) is 4.71. The van der Waals surface area contributed by atoms with Gasteiger partial charge in [-0.25, -0.2) is 17.8 Å². The van der Waals surface area contributed by atoms with Gasteiger partial charge in [0.05, 0.1) is 22.0 Å². The number of carbonyl (C=O) groups is 1. The van der Waals surface area contributed by atoms with Crippen LogP contribution >= 0.6 is 0 Å². The molecule has 2 heterocycles. The quantitative estimate of drug-likeness (QED) is 0.423. The van der Waals surface area contributed by atoms with Crippen LogP contribution in [-0.2, 0) is 21.4 Å². The van der Waals surface area contributed by atoms with Crippen LogP contribution < -0.4 is 5.32 Å². The molecular weight excluding hydrogens is 467 g/mol. The molecule has 0 bridgehead atoms. The van der Waals surface area contributed by atoms with Crippen molar-refractivity contribution in [3.8, 4) is 0 Å². The van der Waals surface area contributed by atoms with Crippen LogP contribution in [0.5, 0.6) is 0 Å². The number of halogens is 1. The number of nitrogens with one attached hydrogen (secondary N) is 1. The van der Waals surface area contributed by atoms with E-state index in [4.69, 9.17) is 4.98 Å². The highest BCUT2D eigenvalue weighted by atomic mass is 32.2. The number of hydrogen-bond donors (Lipinski definition) is 1. The summed E-state index contributed by atoms with van der Waals surface area (Å²) >= 11 is 0. The molecule has 1 aliphatic rings. The third-order valence-electron chi connectivity index (χ3n) is 6.22. The van der Waals surface area contributed by atoms with Crippen LogP contribution in [0, 0.1) is 5.82 Å². The molecule has 35 heavy (non-hydrogen) atoms. The molecule has 4 aromatic rings. The van der Waals surface area contributed by atoms with Crippen molar-refractivity contribution >= 4 is 32.7 Å². The summed E-state index contributed by atoms with van der Waals surface area (Å²) in [6.07, 6.45) is 1.36. The van der Waals surface area contributed by atoms with Gasteiger partial charge in [-0.1, -0.05) is 24.3 Å². The summed E-state index contributed by atoms with van der Waals surface area (Å²) in [5.41, 5.74) is 3.12. The summed E-state index contributed by atoms with van der Waals surface area (Å²) in [4.78, 5) is 16.3. The molecule has 1 saturated heterocycles. The van der Waals surface area contributed by atoms with Gasteiger partial charge in [-0.3, -0.25) is 4.79 Å². The second kappa shape index (κ2) is 9.24. The molecule has 0 radical (unpaired) electrons. The number of carbonyl (C=O) groups excluding carboxylic acids is 1. The van der Waals surface area contributed by atoms with Gasteiger partial charge in [0.25, 0.3) is 0 Å². The molecular formula is C26H25FN4O3S. The van der Waals surface area contributed by atoms with Gasteiger partial charge in [-0.15, -0.1) is 0 Å². The molecule has 1 aromatic heterocycles. The third kappa shape index (κ3) is 4.56. The van der Waals surface area contributed by atoms with Crippen LogP contribution in [0.1, 0.15) is 37.2 Å². The lowest BCUT2D eigenvalue weighted by Crippen LogP contribution is -2.32. The normalized spacial score (nSPS) is 16.6. The zero-order chi connectivity index (χ0) is 24.6. The minimum atomic E-state index is -3.80. The van der Waals surface area contributed by atoms with Gasteiger partial charge < -0.3 is 9.88 Å². The third-order valence-corrected chi connectivity index (χ3v) is 8.14.